The van der Waals surface area contributed by atoms with E-state index in [1.807, 2.05) is 7.05 Å². The molecule has 4 fully saturated rings. The van der Waals surface area contributed by atoms with Gasteiger partial charge in [-0.3, -0.25) is 9.59 Å². The van der Waals surface area contributed by atoms with Crippen molar-refractivity contribution in [1.29, 1.82) is 0 Å². The van der Waals surface area contributed by atoms with Gasteiger partial charge in [0, 0.05) is 12.5 Å². The second-order valence-electron chi connectivity index (χ2n) is 9.47. The first kappa shape index (κ1) is 20.6. The molecule has 5 nitrogen and oxygen atoms in total. The van der Waals surface area contributed by atoms with Gasteiger partial charge in [-0.1, -0.05) is 6.92 Å². The van der Waals surface area contributed by atoms with Crippen LogP contribution in [-0.4, -0.2) is 50.2 Å². The SMILES string of the molecule is [CH2]C(COC(=O)CCN(C)CC)COC(=O)CC12CC3CC(CC(C3)C1)C2. The summed E-state index contributed by atoms with van der Waals surface area (Å²) in [6.07, 6.45) is 8.73. The minimum Gasteiger partial charge on any atom is -0.465 e. The van der Waals surface area contributed by atoms with Crippen LogP contribution in [0.1, 0.15) is 58.3 Å². The lowest BCUT2D eigenvalue weighted by Gasteiger charge is -2.56. The van der Waals surface area contributed by atoms with Crippen molar-refractivity contribution in [3.8, 4) is 0 Å². The maximum absolute atomic E-state index is 12.4. The molecule has 0 spiro atoms. The third kappa shape index (κ3) is 5.69. The zero-order valence-corrected chi connectivity index (χ0v) is 17.1. The Morgan fingerprint density at radius 2 is 1.56 bits per heavy atom. The number of esters is 2. The van der Waals surface area contributed by atoms with E-state index in [2.05, 4.69) is 18.7 Å². The number of nitrogens with zero attached hydrogens (tertiary/aromatic N) is 1. The highest BCUT2D eigenvalue weighted by Gasteiger charge is 2.51. The summed E-state index contributed by atoms with van der Waals surface area (Å²) in [5, 5.41) is 0. The van der Waals surface area contributed by atoms with Gasteiger partial charge in [-0.25, -0.2) is 0 Å². The third-order valence-electron chi connectivity index (χ3n) is 6.88. The third-order valence-corrected chi connectivity index (χ3v) is 6.88. The van der Waals surface area contributed by atoms with E-state index in [1.165, 1.54) is 38.5 Å². The Morgan fingerprint density at radius 3 is 2.07 bits per heavy atom. The second kappa shape index (κ2) is 8.93. The molecule has 1 atom stereocenters. The van der Waals surface area contributed by atoms with Crippen LogP contribution in [0.2, 0.25) is 0 Å². The van der Waals surface area contributed by atoms with Crippen molar-refractivity contribution in [3.05, 3.63) is 6.92 Å². The van der Waals surface area contributed by atoms with Gasteiger partial charge in [0.2, 0.25) is 0 Å². The van der Waals surface area contributed by atoms with Crippen molar-refractivity contribution in [2.24, 2.45) is 29.1 Å². The summed E-state index contributed by atoms with van der Waals surface area (Å²) in [7, 11) is 1.97. The fourth-order valence-electron chi connectivity index (χ4n) is 5.85. The van der Waals surface area contributed by atoms with E-state index in [4.69, 9.17) is 9.47 Å². The summed E-state index contributed by atoms with van der Waals surface area (Å²) in [5.74, 6) is 2.01. The van der Waals surface area contributed by atoms with Gasteiger partial charge in [0.05, 0.1) is 26.1 Å². The zero-order chi connectivity index (χ0) is 19.4. The predicted molar refractivity (Wildman–Crippen MR) is 104 cm³/mol. The molecule has 0 heterocycles. The minimum atomic E-state index is -0.219. The number of rotatable bonds is 10. The van der Waals surface area contributed by atoms with Crippen LogP contribution in [-0.2, 0) is 19.1 Å². The fourth-order valence-corrected chi connectivity index (χ4v) is 5.85. The lowest BCUT2D eigenvalue weighted by atomic mass is 9.49. The average molecular weight is 379 g/mol. The number of ether oxygens (including phenoxy) is 2. The Kier molecular flexibility index (Phi) is 6.83. The van der Waals surface area contributed by atoms with Crippen LogP contribution in [0.4, 0.5) is 0 Å². The van der Waals surface area contributed by atoms with Crippen molar-refractivity contribution in [1.82, 2.24) is 4.90 Å². The number of carbonyl (C=O) groups is 2. The summed E-state index contributed by atoms with van der Waals surface area (Å²) in [5.41, 5.74) is 0.209. The molecule has 27 heavy (non-hydrogen) atoms. The molecule has 4 rings (SSSR count). The van der Waals surface area contributed by atoms with Crippen LogP contribution in [0, 0.1) is 36.0 Å². The van der Waals surface area contributed by atoms with Crippen molar-refractivity contribution in [3.63, 3.8) is 0 Å². The van der Waals surface area contributed by atoms with Crippen LogP contribution < -0.4 is 0 Å². The Morgan fingerprint density at radius 1 is 1.04 bits per heavy atom. The summed E-state index contributed by atoms with van der Waals surface area (Å²) in [6, 6.07) is 0. The molecule has 5 heteroatoms. The van der Waals surface area contributed by atoms with E-state index in [1.54, 1.807) is 0 Å². The first-order valence-corrected chi connectivity index (χ1v) is 10.7. The highest BCUT2D eigenvalue weighted by Crippen LogP contribution is 2.61. The van der Waals surface area contributed by atoms with Crippen molar-refractivity contribution < 1.29 is 19.1 Å². The van der Waals surface area contributed by atoms with Crippen LogP contribution in [0.3, 0.4) is 0 Å². The van der Waals surface area contributed by atoms with Crippen molar-refractivity contribution >= 4 is 11.9 Å². The van der Waals surface area contributed by atoms with Gasteiger partial charge in [-0.05, 0) is 82.2 Å². The minimum absolute atomic E-state index is 0.0958. The van der Waals surface area contributed by atoms with Gasteiger partial charge in [0.1, 0.15) is 0 Å². The lowest BCUT2D eigenvalue weighted by Crippen LogP contribution is -2.47. The van der Waals surface area contributed by atoms with Crippen LogP contribution in [0.25, 0.3) is 0 Å². The normalized spacial score (nSPS) is 32.5. The Labute approximate surface area is 164 Å². The summed E-state index contributed by atoms with van der Waals surface area (Å²) in [4.78, 5) is 26.2. The average Bonchev–Trinajstić information content (AvgIpc) is 2.61. The molecule has 0 saturated heterocycles. The fraction of sp³-hybridized carbons (Fsp3) is 0.864. The number of hydrogen-bond acceptors (Lipinski definition) is 5. The Bertz CT molecular complexity index is 497. The van der Waals surface area contributed by atoms with Gasteiger partial charge < -0.3 is 14.4 Å². The molecular formula is C22H36NO4. The second-order valence-corrected chi connectivity index (χ2v) is 9.47. The van der Waals surface area contributed by atoms with Gasteiger partial charge in [-0.15, -0.1) is 0 Å². The molecule has 1 unspecified atom stereocenters. The molecule has 4 saturated carbocycles. The maximum atomic E-state index is 12.4. The first-order valence-electron chi connectivity index (χ1n) is 10.7. The summed E-state index contributed by atoms with van der Waals surface area (Å²) in [6.45, 7) is 8.04. The lowest BCUT2D eigenvalue weighted by molar-refractivity contribution is -0.154. The molecule has 4 aliphatic carbocycles. The van der Waals surface area contributed by atoms with Crippen molar-refractivity contribution in [2.75, 3.05) is 33.4 Å². The van der Waals surface area contributed by atoms with Gasteiger partial charge in [0.15, 0.2) is 0 Å². The highest BCUT2D eigenvalue weighted by molar-refractivity contribution is 5.70. The van der Waals surface area contributed by atoms with E-state index < -0.39 is 0 Å². The van der Waals surface area contributed by atoms with Gasteiger partial charge in [0.25, 0.3) is 0 Å². The maximum Gasteiger partial charge on any atom is 0.307 e. The largest absolute Gasteiger partial charge is 0.465 e. The standard InChI is InChI=1S/C22H36NO4/c1-4-23(3)6-5-20(24)26-14-16(2)15-27-21(25)13-22-10-17-7-18(11-22)9-19(8-17)12-22/h16-19H,2,4-15H2,1,3H3. The predicted octanol–water partition coefficient (Wildman–Crippen LogP) is 3.47. The molecule has 0 aromatic rings. The Hall–Kier alpha value is -1.10. The van der Waals surface area contributed by atoms with Crippen molar-refractivity contribution in [2.45, 2.75) is 58.3 Å². The van der Waals surface area contributed by atoms with E-state index in [0.29, 0.717) is 19.4 Å². The van der Waals surface area contributed by atoms with E-state index >= 15 is 0 Å². The molecule has 153 valence electrons. The van der Waals surface area contributed by atoms with Crippen LogP contribution >= 0.6 is 0 Å². The molecule has 4 aliphatic rings. The number of carbonyl (C=O) groups excluding carboxylic acids is 2. The van der Waals surface area contributed by atoms with Gasteiger partial charge >= 0.3 is 11.9 Å². The molecule has 0 amide bonds. The smallest absolute Gasteiger partial charge is 0.307 e. The molecule has 0 aromatic heterocycles. The topological polar surface area (TPSA) is 55.8 Å². The van der Waals surface area contributed by atoms with Crippen LogP contribution in [0.5, 0.6) is 0 Å². The van der Waals surface area contributed by atoms with E-state index in [0.717, 1.165) is 24.3 Å². The summed E-state index contributed by atoms with van der Waals surface area (Å²) < 4.78 is 10.7. The first-order chi connectivity index (χ1) is 12.9. The summed E-state index contributed by atoms with van der Waals surface area (Å²) >= 11 is 0. The molecular weight excluding hydrogens is 342 g/mol. The molecule has 0 aromatic carbocycles. The van der Waals surface area contributed by atoms with Crippen LogP contribution in [0.15, 0.2) is 0 Å². The molecule has 0 N–H and O–H groups in total. The van der Waals surface area contributed by atoms with E-state index in [-0.39, 0.29) is 36.5 Å². The Balaban J connectivity index is 1.33. The monoisotopic (exact) mass is 378 g/mol. The molecule has 4 bridgehead atoms. The zero-order valence-electron chi connectivity index (χ0n) is 17.1. The van der Waals surface area contributed by atoms with E-state index in [9.17, 15) is 9.59 Å². The van der Waals surface area contributed by atoms with Gasteiger partial charge in [-0.2, -0.15) is 0 Å². The quantitative estimate of drug-likeness (QED) is 0.545. The molecule has 1 radical (unpaired) electrons. The molecule has 0 aliphatic heterocycles. The highest BCUT2D eigenvalue weighted by atomic mass is 16.5. The number of hydrogen-bond donors (Lipinski definition) is 0.